The highest BCUT2D eigenvalue weighted by atomic mass is 16.5. The first-order valence-corrected chi connectivity index (χ1v) is 12.0. The number of fused-ring (bicyclic) bond motifs is 3. The van der Waals surface area contributed by atoms with Crippen LogP contribution in [-0.2, 0) is 22.5 Å². The zero-order valence-corrected chi connectivity index (χ0v) is 20.2. The van der Waals surface area contributed by atoms with E-state index in [1.807, 2.05) is 18.2 Å². The van der Waals surface area contributed by atoms with Crippen LogP contribution in [0.3, 0.4) is 0 Å². The molecule has 0 fully saturated rings. The Bertz CT molecular complexity index is 1080. The first-order valence-electron chi connectivity index (χ1n) is 12.0. The molecule has 1 aromatic carbocycles. The van der Waals surface area contributed by atoms with E-state index in [0.717, 1.165) is 84.0 Å². The van der Waals surface area contributed by atoms with E-state index >= 15 is 0 Å². The van der Waals surface area contributed by atoms with E-state index in [-0.39, 0.29) is 13.0 Å². The fourth-order valence-electron chi connectivity index (χ4n) is 4.17. The van der Waals surface area contributed by atoms with Crippen LogP contribution >= 0.6 is 0 Å². The van der Waals surface area contributed by atoms with Gasteiger partial charge in [-0.3, -0.25) is 4.79 Å². The van der Waals surface area contributed by atoms with E-state index in [1.165, 1.54) is 0 Å². The van der Waals surface area contributed by atoms with Crippen molar-refractivity contribution in [3.05, 3.63) is 30.1 Å². The minimum absolute atomic E-state index is 0.0569. The van der Waals surface area contributed by atoms with Crippen LogP contribution in [-0.4, -0.2) is 70.5 Å². The van der Waals surface area contributed by atoms with Crippen LogP contribution in [0.2, 0.25) is 0 Å². The van der Waals surface area contributed by atoms with Crippen LogP contribution in [0.15, 0.2) is 24.3 Å². The van der Waals surface area contributed by atoms with Gasteiger partial charge in [-0.05, 0) is 25.3 Å². The number of carboxylic acids is 1. The molecule has 180 valence electrons. The first kappa shape index (κ1) is 24.9. The van der Waals surface area contributed by atoms with Crippen molar-refractivity contribution in [2.45, 2.75) is 52.0 Å². The minimum Gasteiger partial charge on any atom is -0.481 e. The van der Waals surface area contributed by atoms with Crippen molar-refractivity contribution in [1.82, 2.24) is 14.5 Å². The molecule has 0 spiro atoms. The second-order valence-corrected chi connectivity index (χ2v) is 9.34. The number of pyridine rings is 1. The number of imidazole rings is 1. The number of nitrogens with zero attached hydrogens (tertiary/aromatic N) is 4. The Morgan fingerprint density at radius 2 is 1.91 bits per heavy atom. The molecule has 0 saturated carbocycles. The van der Waals surface area contributed by atoms with Gasteiger partial charge in [0.15, 0.2) is 5.82 Å². The SMILES string of the molecule is CCCCc1nc2c(N)nc3ccccc3c2n1CCCC[N+](C)(C)CCOCCC(=O)O. The van der Waals surface area contributed by atoms with Gasteiger partial charge in [-0.1, -0.05) is 31.5 Å². The Kier molecular flexibility index (Phi) is 8.63. The minimum atomic E-state index is -0.820. The molecule has 3 N–H and O–H groups in total. The molecule has 0 aliphatic rings. The fourth-order valence-corrected chi connectivity index (χ4v) is 4.17. The summed E-state index contributed by atoms with van der Waals surface area (Å²) in [6, 6.07) is 8.15. The lowest BCUT2D eigenvalue weighted by Crippen LogP contribution is -2.43. The lowest BCUT2D eigenvalue weighted by Gasteiger charge is -2.29. The number of likely N-dealkylation sites (N-methyl/N-ethyl adjacent to an activating group) is 1. The topological polar surface area (TPSA) is 103 Å². The van der Waals surface area contributed by atoms with Crippen LogP contribution in [0.5, 0.6) is 0 Å². The predicted octanol–water partition coefficient (Wildman–Crippen LogP) is 3.86. The van der Waals surface area contributed by atoms with Gasteiger partial charge in [0.25, 0.3) is 0 Å². The number of rotatable bonds is 14. The molecule has 0 radical (unpaired) electrons. The van der Waals surface area contributed by atoms with Crippen molar-refractivity contribution in [2.24, 2.45) is 0 Å². The molecule has 3 rings (SSSR count). The highest BCUT2D eigenvalue weighted by molar-refractivity contribution is 6.06. The number of nitrogens with two attached hydrogens (primary N) is 1. The van der Waals surface area contributed by atoms with Gasteiger partial charge in [-0.25, -0.2) is 9.97 Å². The molecule has 33 heavy (non-hydrogen) atoms. The zero-order chi connectivity index (χ0) is 23.8. The number of carboxylic acid groups (broad SMARTS) is 1. The van der Waals surface area contributed by atoms with E-state index in [9.17, 15) is 4.79 Å². The molecule has 0 atom stereocenters. The average molecular weight is 457 g/mol. The maximum Gasteiger partial charge on any atom is 0.305 e. The third-order valence-electron chi connectivity index (χ3n) is 6.14. The number of aromatic nitrogens is 3. The molecule has 2 heterocycles. The van der Waals surface area contributed by atoms with Crippen molar-refractivity contribution in [1.29, 1.82) is 0 Å². The lowest BCUT2D eigenvalue weighted by atomic mass is 10.1. The summed E-state index contributed by atoms with van der Waals surface area (Å²) < 4.78 is 8.68. The number of nitrogen functional groups attached to an aromatic ring is 1. The van der Waals surface area contributed by atoms with Crippen molar-refractivity contribution < 1.29 is 19.1 Å². The van der Waals surface area contributed by atoms with Gasteiger partial charge in [0.2, 0.25) is 0 Å². The molecule has 8 nitrogen and oxygen atoms in total. The number of hydrogen-bond acceptors (Lipinski definition) is 5. The predicted molar refractivity (Wildman–Crippen MR) is 132 cm³/mol. The standard InChI is InChI=1S/C25H37N5O3/c1-4-5-12-21-28-23-24(19-10-6-7-11-20(19)27-25(23)26)29(21)14-8-9-15-30(2,3)16-18-33-17-13-22(31)32/h6-7,10-11H,4-5,8-9,12-18H2,1-3H3,(H2-,26,27,31,32)/p+1. The van der Waals surface area contributed by atoms with E-state index < -0.39 is 5.97 Å². The largest absolute Gasteiger partial charge is 0.481 e. The van der Waals surface area contributed by atoms with Gasteiger partial charge in [0.1, 0.15) is 17.9 Å². The molecule has 0 unspecified atom stereocenters. The number of quaternary nitrogens is 1. The number of hydrogen-bond donors (Lipinski definition) is 2. The number of aryl methyl sites for hydroxylation is 2. The third-order valence-corrected chi connectivity index (χ3v) is 6.14. The number of unbranched alkanes of at least 4 members (excludes halogenated alkanes) is 2. The molecule has 8 heteroatoms. The normalized spacial score (nSPS) is 12.1. The van der Waals surface area contributed by atoms with E-state index in [4.69, 9.17) is 20.6 Å². The monoisotopic (exact) mass is 456 g/mol. The summed E-state index contributed by atoms with van der Waals surface area (Å²) in [7, 11) is 4.39. The Balaban J connectivity index is 1.67. The fraction of sp³-hybridized carbons (Fsp3) is 0.560. The molecular formula is C25H38N5O3+. The Hall–Kier alpha value is -2.71. The van der Waals surface area contributed by atoms with Gasteiger partial charge in [0, 0.05) is 18.4 Å². The molecule has 3 aromatic rings. The van der Waals surface area contributed by atoms with Gasteiger partial charge < -0.3 is 24.6 Å². The Labute approximate surface area is 196 Å². The summed E-state index contributed by atoms with van der Waals surface area (Å²) in [5, 5.41) is 9.80. The first-order chi connectivity index (χ1) is 15.8. The molecule has 0 saturated heterocycles. The van der Waals surface area contributed by atoms with Crippen molar-refractivity contribution in [3.63, 3.8) is 0 Å². The number of benzene rings is 1. The highest BCUT2D eigenvalue weighted by Gasteiger charge is 2.18. The van der Waals surface area contributed by atoms with Crippen LogP contribution in [0.4, 0.5) is 5.82 Å². The summed E-state index contributed by atoms with van der Waals surface area (Å²) in [6.07, 6.45) is 5.34. The van der Waals surface area contributed by atoms with Gasteiger partial charge in [-0.2, -0.15) is 0 Å². The Morgan fingerprint density at radius 3 is 2.67 bits per heavy atom. The highest BCUT2D eigenvalue weighted by Crippen LogP contribution is 2.29. The van der Waals surface area contributed by atoms with E-state index in [1.54, 1.807) is 0 Å². The van der Waals surface area contributed by atoms with Crippen LogP contribution < -0.4 is 5.73 Å². The number of anilines is 1. The quantitative estimate of drug-likeness (QED) is 0.282. The summed E-state index contributed by atoms with van der Waals surface area (Å²) in [6.45, 7) is 5.84. The summed E-state index contributed by atoms with van der Waals surface area (Å²) >= 11 is 0. The van der Waals surface area contributed by atoms with Crippen LogP contribution in [0.25, 0.3) is 21.9 Å². The lowest BCUT2D eigenvalue weighted by molar-refractivity contribution is -0.891. The molecule has 0 bridgehead atoms. The summed E-state index contributed by atoms with van der Waals surface area (Å²) in [5.41, 5.74) is 9.12. The number of ether oxygens (including phenoxy) is 1. The van der Waals surface area contributed by atoms with Crippen molar-refractivity contribution in [2.75, 3.05) is 46.1 Å². The summed E-state index contributed by atoms with van der Waals surface area (Å²) in [4.78, 5) is 20.1. The number of aliphatic carboxylic acids is 1. The maximum absolute atomic E-state index is 10.6. The van der Waals surface area contributed by atoms with Crippen molar-refractivity contribution in [3.8, 4) is 0 Å². The molecule has 2 aromatic heterocycles. The van der Waals surface area contributed by atoms with Gasteiger partial charge in [0.05, 0.1) is 51.3 Å². The van der Waals surface area contributed by atoms with E-state index in [2.05, 4.69) is 36.6 Å². The molecular weight excluding hydrogens is 418 g/mol. The number of carbonyl (C=O) groups is 1. The van der Waals surface area contributed by atoms with Gasteiger partial charge >= 0.3 is 5.97 Å². The zero-order valence-electron chi connectivity index (χ0n) is 20.2. The average Bonchev–Trinajstić information content (AvgIpc) is 3.14. The second kappa shape index (κ2) is 11.4. The van der Waals surface area contributed by atoms with Crippen LogP contribution in [0.1, 0.15) is 44.9 Å². The van der Waals surface area contributed by atoms with Crippen LogP contribution in [0, 0.1) is 0 Å². The molecule has 0 amide bonds. The number of para-hydroxylation sites is 1. The van der Waals surface area contributed by atoms with Crippen molar-refractivity contribution >= 4 is 33.7 Å². The Morgan fingerprint density at radius 1 is 1.12 bits per heavy atom. The summed E-state index contributed by atoms with van der Waals surface area (Å²) in [5.74, 6) is 0.776. The smallest absolute Gasteiger partial charge is 0.305 e. The third kappa shape index (κ3) is 6.65. The van der Waals surface area contributed by atoms with Gasteiger partial charge in [-0.15, -0.1) is 0 Å². The second-order valence-electron chi connectivity index (χ2n) is 9.34. The molecule has 0 aliphatic heterocycles. The molecule has 0 aliphatic carbocycles. The van der Waals surface area contributed by atoms with E-state index in [0.29, 0.717) is 12.4 Å². The maximum atomic E-state index is 10.6.